The zero-order chi connectivity index (χ0) is 17.7. The molecule has 3 atom stereocenters. The van der Waals surface area contributed by atoms with Gasteiger partial charge in [0.1, 0.15) is 17.3 Å². The van der Waals surface area contributed by atoms with E-state index in [1.54, 1.807) is 6.07 Å². The average Bonchev–Trinajstić information content (AvgIpc) is 3.04. The Morgan fingerprint density at radius 2 is 2.04 bits per heavy atom. The predicted octanol–water partition coefficient (Wildman–Crippen LogP) is 3.97. The standard InChI is InChI=1S/C18H15FN2O4/c19-13-6-7-14(21(24)25)16-10-2-1-3-11(10)17(20-18(13)16)12-5-4-9(22)8-15(12)23/h1-2,4-8,10-11,17,20,22-23H,3H2. The monoisotopic (exact) mass is 342 g/mol. The minimum atomic E-state index is -0.567. The van der Waals surface area contributed by atoms with Gasteiger partial charge in [0, 0.05) is 23.6 Å². The van der Waals surface area contributed by atoms with Gasteiger partial charge in [0.2, 0.25) is 0 Å². The Kier molecular flexibility index (Phi) is 3.38. The lowest BCUT2D eigenvalue weighted by atomic mass is 9.76. The SMILES string of the molecule is O=[N+]([O-])c1ccc(F)c2c1C1C=CCC1C(c1ccc(O)cc1O)N2. The number of fused-ring (bicyclic) bond motifs is 3. The van der Waals surface area contributed by atoms with Gasteiger partial charge in [-0.05, 0) is 30.5 Å². The van der Waals surface area contributed by atoms with E-state index in [0.29, 0.717) is 17.5 Å². The number of anilines is 1. The second kappa shape index (κ2) is 5.47. The fourth-order valence-electron chi connectivity index (χ4n) is 3.92. The van der Waals surface area contributed by atoms with Gasteiger partial charge in [-0.2, -0.15) is 0 Å². The summed E-state index contributed by atoms with van der Waals surface area (Å²) in [4.78, 5) is 10.9. The molecule has 1 heterocycles. The van der Waals surface area contributed by atoms with E-state index in [9.17, 15) is 24.7 Å². The van der Waals surface area contributed by atoms with E-state index in [1.165, 1.54) is 18.2 Å². The number of hydrogen-bond donors (Lipinski definition) is 3. The Labute approximate surface area is 142 Å². The maximum atomic E-state index is 14.4. The Morgan fingerprint density at radius 1 is 1.24 bits per heavy atom. The van der Waals surface area contributed by atoms with Crippen molar-refractivity contribution in [2.45, 2.75) is 18.4 Å². The molecule has 128 valence electrons. The lowest BCUT2D eigenvalue weighted by Gasteiger charge is -2.37. The number of nitro benzene ring substituents is 1. The van der Waals surface area contributed by atoms with Crippen LogP contribution in [0.3, 0.4) is 0 Å². The molecule has 0 bridgehead atoms. The minimum Gasteiger partial charge on any atom is -0.508 e. The third kappa shape index (κ3) is 2.31. The van der Waals surface area contributed by atoms with E-state index in [2.05, 4.69) is 5.32 Å². The minimum absolute atomic E-state index is 0.0691. The first-order valence-corrected chi connectivity index (χ1v) is 7.89. The molecule has 7 heteroatoms. The highest BCUT2D eigenvalue weighted by molar-refractivity contribution is 5.68. The average molecular weight is 342 g/mol. The van der Waals surface area contributed by atoms with Crippen molar-refractivity contribution in [2.75, 3.05) is 5.32 Å². The molecule has 2 aliphatic rings. The molecule has 4 rings (SSSR count). The van der Waals surface area contributed by atoms with Crippen molar-refractivity contribution in [3.63, 3.8) is 0 Å². The number of allylic oxidation sites excluding steroid dienone is 2. The summed E-state index contributed by atoms with van der Waals surface area (Å²) in [5.41, 5.74) is 0.852. The molecule has 2 aromatic carbocycles. The molecule has 0 saturated carbocycles. The predicted molar refractivity (Wildman–Crippen MR) is 89.2 cm³/mol. The molecule has 0 radical (unpaired) electrons. The van der Waals surface area contributed by atoms with Crippen LogP contribution in [-0.2, 0) is 0 Å². The number of nitrogens with zero attached hydrogens (tertiary/aromatic N) is 1. The fourth-order valence-corrected chi connectivity index (χ4v) is 3.92. The van der Waals surface area contributed by atoms with E-state index in [1.807, 2.05) is 12.2 Å². The molecule has 0 aromatic heterocycles. The molecular formula is C18H15FN2O4. The number of nitrogens with one attached hydrogen (secondary N) is 1. The van der Waals surface area contributed by atoms with Gasteiger partial charge in [0.15, 0.2) is 0 Å². The second-order valence-electron chi connectivity index (χ2n) is 6.33. The highest BCUT2D eigenvalue weighted by atomic mass is 19.1. The van der Waals surface area contributed by atoms with Crippen LogP contribution in [0.1, 0.15) is 29.5 Å². The number of nitro groups is 1. The van der Waals surface area contributed by atoms with E-state index >= 15 is 0 Å². The summed E-state index contributed by atoms with van der Waals surface area (Å²) in [5, 5.41) is 34.1. The van der Waals surface area contributed by atoms with Crippen LogP contribution in [-0.4, -0.2) is 15.1 Å². The molecule has 3 unspecified atom stereocenters. The second-order valence-corrected chi connectivity index (χ2v) is 6.33. The first kappa shape index (κ1) is 15.4. The van der Waals surface area contributed by atoms with Crippen molar-refractivity contribution in [1.82, 2.24) is 0 Å². The van der Waals surface area contributed by atoms with Gasteiger partial charge in [-0.15, -0.1) is 0 Å². The maximum absolute atomic E-state index is 14.4. The number of rotatable bonds is 2. The molecule has 0 fully saturated rings. The van der Waals surface area contributed by atoms with Crippen LogP contribution < -0.4 is 5.32 Å². The fraction of sp³-hybridized carbons (Fsp3) is 0.222. The Balaban J connectivity index is 1.89. The third-order valence-electron chi connectivity index (χ3n) is 4.99. The molecule has 2 aromatic rings. The molecule has 0 spiro atoms. The highest BCUT2D eigenvalue weighted by Crippen LogP contribution is 2.54. The van der Waals surface area contributed by atoms with Gasteiger partial charge in [-0.25, -0.2) is 4.39 Å². The first-order chi connectivity index (χ1) is 12.0. The normalized spacial score (nSPS) is 23.6. The molecule has 1 aliphatic carbocycles. The number of phenolic OH excluding ortho intramolecular Hbond substituents is 2. The van der Waals surface area contributed by atoms with Crippen molar-refractivity contribution < 1.29 is 19.5 Å². The van der Waals surface area contributed by atoms with Gasteiger partial charge in [0.25, 0.3) is 5.69 Å². The molecule has 6 nitrogen and oxygen atoms in total. The number of hydrogen-bond acceptors (Lipinski definition) is 5. The Hall–Kier alpha value is -3.09. The van der Waals surface area contributed by atoms with Crippen molar-refractivity contribution in [3.05, 3.63) is 69.5 Å². The van der Waals surface area contributed by atoms with Gasteiger partial charge < -0.3 is 15.5 Å². The van der Waals surface area contributed by atoms with Crippen LogP contribution in [0.25, 0.3) is 0 Å². The van der Waals surface area contributed by atoms with Crippen molar-refractivity contribution in [1.29, 1.82) is 0 Å². The maximum Gasteiger partial charge on any atom is 0.275 e. The van der Waals surface area contributed by atoms with Crippen LogP contribution in [0.2, 0.25) is 0 Å². The van der Waals surface area contributed by atoms with Gasteiger partial charge >= 0.3 is 0 Å². The topological polar surface area (TPSA) is 95.6 Å². The number of aromatic hydroxyl groups is 2. The number of halogens is 1. The van der Waals surface area contributed by atoms with Crippen molar-refractivity contribution in [3.8, 4) is 11.5 Å². The van der Waals surface area contributed by atoms with Crippen molar-refractivity contribution >= 4 is 11.4 Å². The molecule has 0 amide bonds. The summed E-state index contributed by atoms with van der Waals surface area (Å²) in [6.45, 7) is 0. The molecule has 1 aliphatic heterocycles. The van der Waals surface area contributed by atoms with Crippen LogP contribution in [0.5, 0.6) is 11.5 Å². The summed E-state index contributed by atoms with van der Waals surface area (Å²) in [5.74, 6) is -1.14. The lowest BCUT2D eigenvalue weighted by Crippen LogP contribution is -2.30. The lowest BCUT2D eigenvalue weighted by molar-refractivity contribution is -0.385. The quantitative estimate of drug-likeness (QED) is 0.436. The Morgan fingerprint density at radius 3 is 2.76 bits per heavy atom. The van der Waals surface area contributed by atoms with Crippen molar-refractivity contribution in [2.24, 2.45) is 5.92 Å². The number of phenols is 2. The number of benzene rings is 2. The summed E-state index contributed by atoms with van der Waals surface area (Å²) in [6, 6.07) is 6.11. The smallest absolute Gasteiger partial charge is 0.275 e. The summed E-state index contributed by atoms with van der Waals surface area (Å²) < 4.78 is 14.4. The Bertz CT molecular complexity index is 912. The van der Waals surface area contributed by atoms with E-state index < -0.39 is 16.8 Å². The van der Waals surface area contributed by atoms with Crippen LogP contribution in [0.4, 0.5) is 15.8 Å². The van der Waals surface area contributed by atoms with Crippen LogP contribution in [0, 0.1) is 21.8 Å². The van der Waals surface area contributed by atoms with E-state index in [-0.39, 0.29) is 34.7 Å². The third-order valence-corrected chi connectivity index (χ3v) is 4.99. The molecular weight excluding hydrogens is 327 g/mol. The van der Waals surface area contributed by atoms with Gasteiger partial charge in [-0.1, -0.05) is 12.2 Å². The molecule has 0 saturated heterocycles. The summed E-state index contributed by atoms with van der Waals surface area (Å²) >= 11 is 0. The zero-order valence-corrected chi connectivity index (χ0v) is 13.0. The molecule has 25 heavy (non-hydrogen) atoms. The molecule has 3 N–H and O–H groups in total. The van der Waals surface area contributed by atoms with Gasteiger partial charge in [-0.3, -0.25) is 10.1 Å². The van der Waals surface area contributed by atoms with Gasteiger partial charge in [0.05, 0.1) is 22.2 Å². The largest absolute Gasteiger partial charge is 0.508 e. The first-order valence-electron chi connectivity index (χ1n) is 7.89. The highest BCUT2D eigenvalue weighted by Gasteiger charge is 2.43. The van der Waals surface area contributed by atoms with Crippen LogP contribution >= 0.6 is 0 Å². The van der Waals surface area contributed by atoms with E-state index in [0.717, 1.165) is 6.07 Å². The van der Waals surface area contributed by atoms with Crippen LogP contribution in [0.15, 0.2) is 42.5 Å². The summed E-state index contributed by atoms with van der Waals surface area (Å²) in [7, 11) is 0. The zero-order valence-electron chi connectivity index (χ0n) is 13.0. The van der Waals surface area contributed by atoms with E-state index in [4.69, 9.17) is 0 Å². The summed E-state index contributed by atoms with van der Waals surface area (Å²) in [6.07, 6.45) is 4.43.